The van der Waals surface area contributed by atoms with Gasteiger partial charge in [-0.15, -0.1) is 0 Å². The van der Waals surface area contributed by atoms with E-state index in [1.165, 1.54) is 12.1 Å². The first-order valence-corrected chi connectivity index (χ1v) is 6.67. The van der Waals surface area contributed by atoms with Gasteiger partial charge in [-0.3, -0.25) is 4.79 Å². The van der Waals surface area contributed by atoms with Gasteiger partial charge in [-0.1, -0.05) is 18.6 Å². The number of aromatic carboxylic acids is 1. The minimum absolute atomic E-state index is 0.0164. The molecule has 1 aliphatic carbocycles. The van der Waals surface area contributed by atoms with Crippen molar-refractivity contribution in [1.82, 2.24) is 5.32 Å². The van der Waals surface area contributed by atoms with Crippen molar-refractivity contribution in [1.29, 1.82) is 0 Å². The number of carboxylic acids is 1. The van der Waals surface area contributed by atoms with E-state index in [4.69, 9.17) is 9.84 Å². The Balaban J connectivity index is 2.04. The Bertz CT molecular complexity index is 508. The number of ether oxygens (including phenoxy) is 1. The summed E-state index contributed by atoms with van der Waals surface area (Å²) in [6, 6.07) is 6.24. The Morgan fingerprint density at radius 1 is 1.30 bits per heavy atom. The molecule has 5 heteroatoms. The molecule has 2 N–H and O–H groups in total. The van der Waals surface area contributed by atoms with E-state index in [9.17, 15) is 9.59 Å². The first-order valence-electron chi connectivity index (χ1n) is 6.67. The summed E-state index contributed by atoms with van der Waals surface area (Å²) < 4.78 is 5.20. The molecule has 108 valence electrons. The lowest BCUT2D eigenvalue weighted by molar-refractivity contribution is 0.0179. The maximum Gasteiger partial charge on any atom is 0.336 e. The normalized spacial score (nSPS) is 16.2. The van der Waals surface area contributed by atoms with E-state index < -0.39 is 5.97 Å². The highest BCUT2D eigenvalue weighted by atomic mass is 16.5. The third kappa shape index (κ3) is 2.99. The maximum absolute atomic E-state index is 12.1. The second-order valence-corrected chi connectivity index (χ2v) is 5.32. The zero-order valence-electron chi connectivity index (χ0n) is 11.5. The van der Waals surface area contributed by atoms with Gasteiger partial charge in [-0.05, 0) is 25.0 Å². The smallest absolute Gasteiger partial charge is 0.336 e. The quantitative estimate of drug-likeness (QED) is 0.833. The number of carbonyl (C=O) groups excluding carboxylic acids is 1. The van der Waals surface area contributed by atoms with Gasteiger partial charge in [0.2, 0.25) is 0 Å². The number of nitrogens with one attached hydrogen (secondary N) is 1. The minimum atomic E-state index is -1.09. The molecule has 5 nitrogen and oxygen atoms in total. The summed E-state index contributed by atoms with van der Waals surface area (Å²) in [5.74, 6) is -1.43. The van der Waals surface area contributed by atoms with Crippen molar-refractivity contribution in [3.8, 4) is 0 Å². The van der Waals surface area contributed by atoms with Gasteiger partial charge < -0.3 is 15.2 Å². The average Bonchev–Trinajstić information content (AvgIpc) is 2.41. The Morgan fingerprint density at radius 3 is 2.45 bits per heavy atom. The molecule has 2 rings (SSSR count). The summed E-state index contributed by atoms with van der Waals surface area (Å²) in [7, 11) is 1.65. The number of carbonyl (C=O) groups is 2. The molecule has 1 saturated carbocycles. The zero-order chi connectivity index (χ0) is 14.6. The number of rotatable bonds is 6. The molecule has 0 radical (unpaired) electrons. The van der Waals surface area contributed by atoms with Crippen LogP contribution in [-0.2, 0) is 4.74 Å². The van der Waals surface area contributed by atoms with Crippen LogP contribution in [0.5, 0.6) is 0 Å². The highest BCUT2D eigenvalue weighted by Crippen LogP contribution is 2.40. The fourth-order valence-electron chi connectivity index (χ4n) is 2.59. The van der Waals surface area contributed by atoms with E-state index in [2.05, 4.69) is 5.32 Å². The van der Waals surface area contributed by atoms with E-state index in [1.54, 1.807) is 19.2 Å². The number of methoxy groups -OCH3 is 1. The van der Waals surface area contributed by atoms with Gasteiger partial charge in [0, 0.05) is 19.1 Å². The van der Waals surface area contributed by atoms with Crippen molar-refractivity contribution in [2.75, 3.05) is 20.3 Å². The van der Waals surface area contributed by atoms with Crippen molar-refractivity contribution in [3.05, 3.63) is 35.4 Å². The Kier molecular flexibility index (Phi) is 4.39. The standard InChI is InChI=1S/C15H19NO4/c1-20-10-15(7-4-8-15)9-16-13(17)11-5-2-3-6-12(11)14(18)19/h2-3,5-6H,4,7-10H2,1H3,(H,16,17)(H,18,19). The molecule has 0 aromatic heterocycles. The van der Waals surface area contributed by atoms with Crippen molar-refractivity contribution in [2.24, 2.45) is 5.41 Å². The number of hydrogen-bond acceptors (Lipinski definition) is 3. The lowest BCUT2D eigenvalue weighted by atomic mass is 9.69. The van der Waals surface area contributed by atoms with Crippen molar-refractivity contribution < 1.29 is 19.4 Å². The van der Waals surface area contributed by atoms with Crippen LogP contribution in [0.4, 0.5) is 0 Å². The van der Waals surface area contributed by atoms with E-state index in [0.717, 1.165) is 19.3 Å². The molecule has 0 unspecified atom stereocenters. The molecule has 20 heavy (non-hydrogen) atoms. The molecule has 1 aliphatic rings. The molecule has 0 aliphatic heterocycles. The maximum atomic E-state index is 12.1. The van der Waals surface area contributed by atoms with Gasteiger partial charge in [0.15, 0.2) is 0 Å². The average molecular weight is 277 g/mol. The number of amides is 1. The molecule has 1 amide bonds. The largest absolute Gasteiger partial charge is 0.478 e. The van der Waals surface area contributed by atoms with Crippen LogP contribution in [0.15, 0.2) is 24.3 Å². The predicted molar refractivity (Wildman–Crippen MR) is 73.9 cm³/mol. The second-order valence-electron chi connectivity index (χ2n) is 5.32. The molecular formula is C15H19NO4. The second kappa shape index (κ2) is 6.05. The van der Waals surface area contributed by atoms with Crippen molar-refractivity contribution in [3.63, 3.8) is 0 Å². The monoisotopic (exact) mass is 277 g/mol. The lowest BCUT2D eigenvalue weighted by Gasteiger charge is -2.41. The minimum Gasteiger partial charge on any atom is -0.478 e. The molecule has 0 saturated heterocycles. The Hall–Kier alpha value is -1.88. The summed E-state index contributed by atoms with van der Waals surface area (Å²) in [5, 5.41) is 11.9. The first kappa shape index (κ1) is 14.5. The Morgan fingerprint density at radius 2 is 1.95 bits per heavy atom. The van der Waals surface area contributed by atoms with E-state index in [1.807, 2.05) is 0 Å². The third-order valence-electron chi connectivity index (χ3n) is 3.89. The highest BCUT2D eigenvalue weighted by molar-refractivity contribution is 6.04. The molecule has 0 bridgehead atoms. The van der Waals surface area contributed by atoms with Crippen LogP contribution in [-0.4, -0.2) is 37.2 Å². The molecular weight excluding hydrogens is 258 g/mol. The Labute approximate surface area is 117 Å². The van der Waals surface area contributed by atoms with Gasteiger partial charge >= 0.3 is 5.97 Å². The van der Waals surface area contributed by atoms with Crippen LogP contribution >= 0.6 is 0 Å². The first-order chi connectivity index (χ1) is 9.58. The third-order valence-corrected chi connectivity index (χ3v) is 3.89. The topological polar surface area (TPSA) is 75.6 Å². The molecule has 1 aromatic carbocycles. The van der Waals surface area contributed by atoms with Crippen LogP contribution in [0.3, 0.4) is 0 Å². The summed E-state index contributed by atoms with van der Waals surface area (Å²) in [4.78, 5) is 23.2. The van der Waals surface area contributed by atoms with Crippen LogP contribution in [0, 0.1) is 5.41 Å². The fraction of sp³-hybridized carbons (Fsp3) is 0.467. The van der Waals surface area contributed by atoms with Gasteiger partial charge in [0.05, 0.1) is 17.7 Å². The SMILES string of the molecule is COCC1(CNC(=O)c2ccccc2C(=O)O)CCC1. The van der Waals surface area contributed by atoms with Gasteiger partial charge in [0.1, 0.15) is 0 Å². The van der Waals surface area contributed by atoms with Crippen molar-refractivity contribution in [2.45, 2.75) is 19.3 Å². The molecule has 0 atom stereocenters. The molecule has 1 aromatic rings. The van der Waals surface area contributed by atoms with E-state index >= 15 is 0 Å². The van der Waals surface area contributed by atoms with Crippen LogP contribution in [0.1, 0.15) is 40.0 Å². The highest BCUT2D eigenvalue weighted by Gasteiger charge is 2.37. The van der Waals surface area contributed by atoms with Crippen LogP contribution in [0.2, 0.25) is 0 Å². The summed E-state index contributed by atoms with van der Waals surface area (Å²) in [6.07, 6.45) is 3.20. The van der Waals surface area contributed by atoms with Crippen LogP contribution in [0.25, 0.3) is 0 Å². The summed E-state index contributed by atoms with van der Waals surface area (Å²) in [6.45, 7) is 1.14. The molecule has 0 heterocycles. The van der Waals surface area contributed by atoms with Gasteiger partial charge in [-0.2, -0.15) is 0 Å². The summed E-state index contributed by atoms with van der Waals surface area (Å²) >= 11 is 0. The van der Waals surface area contributed by atoms with Crippen molar-refractivity contribution >= 4 is 11.9 Å². The van der Waals surface area contributed by atoms with Gasteiger partial charge in [0.25, 0.3) is 5.91 Å². The predicted octanol–water partition coefficient (Wildman–Crippen LogP) is 1.93. The van der Waals surface area contributed by atoms with E-state index in [0.29, 0.717) is 13.2 Å². The number of carboxylic acid groups (broad SMARTS) is 1. The number of hydrogen-bond donors (Lipinski definition) is 2. The molecule has 1 fully saturated rings. The summed E-state index contributed by atoms with van der Waals surface area (Å²) in [5.41, 5.74) is 0.244. The number of benzene rings is 1. The van der Waals surface area contributed by atoms with Gasteiger partial charge in [-0.25, -0.2) is 4.79 Å². The molecule has 0 spiro atoms. The fourth-order valence-corrected chi connectivity index (χ4v) is 2.59. The zero-order valence-corrected chi connectivity index (χ0v) is 11.5. The lowest BCUT2D eigenvalue weighted by Crippen LogP contribution is -2.45. The van der Waals surface area contributed by atoms with E-state index in [-0.39, 0.29) is 22.4 Å². The van der Waals surface area contributed by atoms with Crippen LogP contribution < -0.4 is 5.32 Å².